The molecule has 3 heterocycles. The summed E-state index contributed by atoms with van der Waals surface area (Å²) in [5.74, 6) is -4.50. The molecule has 2 N–H and O–H groups in total. The minimum absolute atomic E-state index is 0.0629. The van der Waals surface area contributed by atoms with Crippen LogP contribution in [0.15, 0.2) is 48.7 Å². The van der Waals surface area contributed by atoms with E-state index in [1.165, 1.54) is 12.3 Å². The molecule has 0 bridgehead atoms. The lowest BCUT2D eigenvalue weighted by Crippen LogP contribution is -2.43. The van der Waals surface area contributed by atoms with Gasteiger partial charge in [0.05, 0.1) is 36.7 Å². The number of pyridine rings is 1. The van der Waals surface area contributed by atoms with Gasteiger partial charge in [0, 0.05) is 23.7 Å². The summed E-state index contributed by atoms with van der Waals surface area (Å²) in [6.45, 7) is -1.36. The standard InChI is InChI=1S/C25H19F2N5O3/c26-25(27)10-17(11-28)32(13-25)23(34)12-30-24(35)18-5-6-29-21-4-2-15(8-19(18)21)14-1-3-20-16(7-14)9-22(33)31-20/h1-8,17H,9-10,12-13H2,(H,30,35)(H,31,33)/t17-/m0/s1. The van der Waals surface area contributed by atoms with Crippen molar-refractivity contribution >= 4 is 34.3 Å². The fourth-order valence-corrected chi connectivity index (χ4v) is 4.48. The summed E-state index contributed by atoms with van der Waals surface area (Å²) in [7, 11) is 0. The van der Waals surface area contributed by atoms with Gasteiger partial charge in [-0.3, -0.25) is 19.4 Å². The molecule has 10 heteroatoms. The van der Waals surface area contributed by atoms with Crippen molar-refractivity contribution in [2.24, 2.45) is 0 Å². The maximum Gasteiger partial charge on any atom is 0.268 e. The van der Waals surface area contributed by atoms with Crippen molar-refractivity contribution in [2.75, 3.05) is 18.4 Å². The third kappa shape index (κ3) is 4.28. The zero-order chi connectivity index (χ0) is 24.7. The van der Waals surface area contributed by atoms with Gasteiger partial charge in [-0.25, -0.2) is 8.78 Å². The average Bonchev–Trinajstić information content (AvgIpc) is 3.38. The first-order chi connectivity index (χ1) is 16.7. The highest BCUT2D eigenvalue weighted by molar-refractivity contribution is 6.08. The minimum atomic E-state index is -3.13. The van der Waals surface area contributed by atoms with E-state index in [0.717, 1.165) is 27.3 Å². The molecule has 1 saturated heterocycles. The Hall–Kier alpha value is -4.39. The SMILES string of the molecule is N#C[C@@H]1CC(F)(F)CN1C(=O)CNC(=O)c1ccnc2ccc(-c3ccc4c(c3)CC(=O)N4)cc12. The van der Waals surface area contributed by atoms with E-state index in [1.54, 1.807) is 18.2 Å². The number of hydrogen-bond donors (Lipinski definition) is 2. The molecule has 0 saturated carbocycles. The van der Waals surface area contributed by atoms with Crippen molar-refractivity contribution in [3.63, 3.8) is 0 Å². The minimum Gasteiger partial charge on any atom is -0.343 e. The van der Waals surface area contributed by atoms with Crippen LogP contribution in [0, 0.1) is 11.3 Å². The molecule has 2 aliphatic rings. The van der Waals surface area contributed by atoms with Crippen LogP contribution in [-0.4, -0.2) is 52.7 Å². The normalized spacial score (nSPS) is 18.1. The highest BCUT2D eigenvalue weighted by Crippen LogP contribution is 2.32. The van der Waals surface area contributed by atoms with Crippen molar-refractivity contribution in [3.05, 3.63) is 59.8 Å². The Balaban J connectivity index is 1.37. The monoisotopic (exact) mass is 475 g/mol. The molecule has 0 unspecified atom stereocenters. The quantitative estimate of drug-likeness (QED) is 0.602. The molecule has 8 nitrogen and oxygen atoms in total. The van der Waals surface area contributed by atoms with Crippen LogP contribution in [0.4, 0.5) is 14.5 Å². The van der Waals surface area contributed by atoms with Crippen molar-refractivity contribution in [2.45, 2.75) is 24.8 Å². The lowest BCUT2D eigenvalue weighted by atomic mass is 9.98. The van der Waals surface area contributed by atoms with Crippen LogP contribution < -0.4 is 10.6 Å². The number of rotatable bonds is 4. The second kappa shape index (κ2) is 8.43. The Morgan fingerprint density at radius 3 is 2.77 bits per heavy atom. The summed E-state index contributed by atoms with van der Waals surface area (Å²) in [6.07, 6.45) is 1.06. The number of amides is 3. The van der Waals surface area contributed by atoms with Crippen LogP contribution in [0.2, 0.25) is 0 Å². The van der Waals surface area contributed by atoms with Crippen LogP contribution in [-0.2, 0) is 16.0 Å². The van der Waals surface area contributed by atoms with Crippen LogP contribution in [0.25, 0.3) is 22.0 Å². The van der Waals surface area contributed by atoms with Gasteiger partial charge >= 0.3 is 0 Å². The summed E-state index contributed by atoms with van der Waals surface area (Å²) in [5.41, 5.74) is 4.18. The zero-order valence-electron chi connectivity index (χ0n) is 18.3. The summed E-state index contributed by atoms with van der Waals surface area (Å²) >= 11 is 0. The smallest absolute Gasteiger partial charge is 0.268 e. The predicted octanol–water partition coefficient (Wildman–Crippen LogP) is 2.89. The van der Waals surface area contributed by atoms with E-state index in [9.17, 15) is 23.2 Å². The van der Waals surface area contributed by atoms with E-state index in [0.29, 0.717) is 17.3 Å². The third-order valence-electron chi connectivity index (χ3n) is 6.19. The average molecular weight is 475 g/mol. The number of benzene rings is 2. The molecular weight excluding hydrogens is 456 g/mol. The molecule has 1 atom stereocenters. The molecule has 1 fully saturated rings. The molecule has 0 aliphatic carbocycles. The first-order valence-corrected chi connectivity index (χ1v) is 10.9. The van der Waals surface area contributed by atoms with E-state index in [-0.39, 0.29) is 11.5 Å². The second-order valence-electron chi connectivity index (χ2n) is 8.60. The molecule has 0 spiro atoms. The second-order valence-corrected chi connectivity index (χ2v) is 8.60. The summed E-state index contributed by atoms with van der Waals surface area (Å²) in [5, 5.41) is 14.9. The Kier molecular flexibility index (Phi) is 5.40. The van der Waals surface area contributed by atoms with Crippen LogP contribution in [0.1, 0.15) is 22.3 Å². The molecule has 3 aromatic rings. The molecule has 0 radical (unpaired) electrons. The number of carbonyl (C=O) groups is 3. The van der Waals surface area contributed by atoms with Gasteiger partial charge < -0.3 is 15.5 Å². The Bertz CT molecular complexity index is 1430. The molecule has 35 heavy (non-hydrogen) atoms. The van der Waals surface area contributed by atoms with E-state index in [1.807, 2.05) is 24.3 Å². The first-order valence-electron chi connectivity index (χ1n) is 10.9. The van der Waals surface area contributed by atoms with Gasteiger partial charge in [-0.05, 0) is 47.0 Å². The van der Waals surface area contributed by atoms with Gasteiger partial charge in [-0.15, -0.1) is 0 Å². The molecule has 3 amide bonds. The van der Waals surface area contributed by atoms with E-state index in [4.69, 9.17) is 5.26 Å². The molecule has 2 aliphatic heterocycles. The summed E-state index contributed by atoms with van der Waals surface area (Å²) < 4.78 is 27.3. The number of nitrogens with one attached hydrogen (secondary N) is 2. The fraction of sp³-hybridized carbons (Fsp3) is 0.240. The van der Waals surface area contributed by atoms with Crippen LogP contribution in [0.5, 0.6) is 0 Å². The molecule has 176 valence electrons. The number of hydrogen-bond acceptors (Lipinski definition) is 5. The number of nitrogens with zero attached hydrogens (tertiary/aromatic N) is 3. The van der Waals surface area contributed by atoms with Crippen LogP contribution >= 0.6 is 0 Å². The zero-order valence-corrected chi connectivity index (χ0v) is 18.3. The van der Waals surface area contributed by atoms with Gasteiger partial charge in [0.25, 0.3) is 11.8 Å². The number of halogens is 2. The molecule has 5 rings (SSSR count). The highest BCUT2D eigenvalue weighted by Gasteiger charge is 2.47. The summed E-state index contributed by atoms with van der Waals surface area (Å²) in [6, 6.07) is 13.1. The van der Waals surface area contributed by atoms with Crippen molar-refractivity contribution in [1.82, 2.24) is 15.2 Å². The Morgan fingerprint density at radius 1 is 1.20 bits per heavy atom. The van der Waals surface area contributed by atoms with Crippen molar-refractivity contribution in [3.8, 4) is 17.2 Å². The predicted molar refractivity (Wildman–Crippen MR) is 123 cm³/mol. The number of fused-ring (bicyclic) bond motifs is 2. The highest BCUT2D eigenvalue weighted by atomic mass is 19.3. The Labute approximate surface area is 198 Å². The Morgan fingerprint density at radius 2 is 1.97 bits per heavy atom. The summed E-state index contributed by atoms with van der Waals surface area (Å²) in [4.78, 5) is 42.1. The largest absolute Gasteiger partial charge is 0.343 e. The number of carbonyl (C=O) groups excluding carboxylic acids is 3. The van der Waals surface area contributed by atoms with E-state index in [2.05, 4.69) is 15.6 Å². The lowest BCUT2D eigenvalue weighted by Gasteiger charge is -2.19. The first kappa shape index (κ1) is 22.4. The van der Waals surface area contributed by atoms with Crippen LogP contribution in [0.3, 0.4) is 0 Å². The van der Waals surface area contributed by atoms with Gasteiger partial charge in [-0.1, -0.05) is 12.1 Å². The number of likely N-dealkylation sites (tertiary alicyclic amines) is 1. The topological polar surface area (TPSA) is 115 Å². The molecule has 2 aromatic carbocycles. The molecular formula is C25H19F2N5O3. The number of nitriles is 1. The maximum atomic E-state index is 13.6. The van der Waals surface area contributed by atoms with Crippen molar-refractivity contribution < 1.29 is 23.2 Å². The maximum absolute atomic E-state index is 13.6. The van der Waals surface area contributed by atoms with Gasteiger partial charge in [-0.2, -0.15) is 5.26 Å². The van der Waals surface area contributed by atoms with Gasteiger partial charge in [0.15, 0.2) is 0 Å². The third-order valence-corrected chi connectivity index (χ3v) is 6.19. The number of aromatic nitrogens is 1. The lowest BCUT2D eigenvalue weighted by molar-refractivity contribution is -0.131. The van der Waals surface area contributed by atoms with E-state index < -0.39 is 43.3 Å². The fourth-order valence-electron chi connectivity index (χ4n) is 4.48. The van der Waals surface area contributed by atoms with E-state index >= 15 is 0 Å². The number of anilines is 1. The van der Waals surface area contributed by atoms with Gasteiger partial charge in [0.2, 0.25) is 11.8 Å². The van der Waals surface area contributed by atoms with Gasteiger partial charge in [0.1, 0.15) is 6.04 Å². The molecule has 1 aromatic heterocycles. The number of alkyl halides is 2. The van der Waals surface area contributed by atoms with Crippen molar-refractivity contribution in [1.29, 1.82) is 5.26 Å².